The summed E-state index contributed by atoms with van der Waals surface area (Å²) in [5.41, 5.74) is -0.805. The Balaban J connectivity index is 1.34. The molecule has 3 saturated heterocycles. The molecule has 35 heavy (non-hydrogen) atoms. The largest absolute Gasteiger partial charge is 0.493 e. The van der Waals surface area contributed by atoms with Gasteiger partial charge in [0.2, 0.25) is 11.8 Å². The monoisotopic (exact) mass is 486 g/mol. The van der Waals surface area contributed by atoms with Gasteiger partial charge in [0.25, 0.3) is 0 Å². The highest BCUT2D eigenvalue weighted by Gasteiger charge is 2.74. The number of halogens is 1. The van der Waals surface area contributed by atoms with Crippen LogP contribution in [-0.2, 0) is 14.3 Å². The summed E-state index contributed by atoms with van der Waals surface area (Å²) in [6.07, 6.45) is 1.85. The lowest BCUT2D eigenvalue weighted by atomic mass is 9.67. The number of imide groups is 1. The number of hydrogen-bond acceptors (Lipinski definition) is 5. The number of anilines is 1. The molecule has 7 heteroatoms. The van der Waals surface area contributed by atoms with Gasteiger partial charge >= 0.3 is 0 Å². The van der Waals surface area contributed by atoms with E-state index in [0.29, 0.717) is 47.9 Å². The second kappa shape index (κ2) is 7.81. The van der Waals surface area contributed by atoms with Crippen LogP contribution in [0.15, 0.2) is 60.7 Å². The highest BCUT2D eigenvalue weighted by molar-refractivity contribution is 6.30. The molecule has 3 aromatic rings. The first-order valence-corrected chi connectivity index (χ1v) is 12.1. The van der Waals surface area contributed by atoms with Crippen LogP contribution < -0.4 is 9.64 Å². The molecule has 0 aromatic heterocycles. The lowest BCUT2D eigenvalue weighted by Crippen LogP contribution is -2.43. The van der Waals surface area contributed by atoms with Gasteiger partial charge in [-0.05, 0) is 49.4 Å². The minimum absolute atomic E-state index is 0.286. The summed E-state index contributed by atoms with van der Waals surface area (Å²) in [4.78, 5) is 28.9. The Kier molecular flexibility index (Phi) is 4.93. The lowest BCUT2D eigenvalue weighted by molar-refractivity contribution is -0.131. The number of amides is 2. The number of nitriles is 1. The third-order valence-electron chi connectivity index (χ3n) is 7.86. The van der Waals surface area contributed by atoms with Crippen molar-refractivity contribution in [3.8, 4) is 11.8 Å². The minimum Gasteiger partial charge on any atom is -0.493 e. The van der Waals surface area contributed by atoms with Crippen LogP contribution >= 0.6 is 11.6 Å². The molecule has 176 valence electrons. The van der Waals surface area contributed by atoms with E-state index in [1.54, 1.807) is 18.2 Å². The van der Waals surface area contributed by atoms with Crippen LogP contribution in [0.3, 0.4) is 0 Å². The molecule has 0 saturated carbocycles. The molecule has 0 N–H and O–H groups in total. The first-order valence-electron chi connectivity index (χ1n) is 11.8. The van der Waals surface area contributed by atoms with Gasteiger partial charge in [-0.15, -0.1) is 0 Å². The van der Waals surface area contributed by atoms with Gasteiger partial charge in [0.05, 0.1) is 40.9 Å². The van der Waals surface area contributed by atoms with Crippen molar-refractivity contribution in [1.29, 1.82) is 5.26 Å². The molecular formula is C28H23ClN2O4. The molecule has 3 heterocycles. The van der Waals surface area contributed by atoms with Gasteiger partial charge in [-0.25, -0.2) is 4.90 Å². The molecule has 0 spiro atoms. The van der Waals surface area contributed by atoms with Crippen molar-refractivity contribution in [3.05, 3.63) is 71.2 Å². The predicted molar refractivity (Wildman–Crippen MR) is 131 cm³/mol. The molecule has 0 aliphatic carbocycles. The van der Waals surface area contributed by atoms with Crippen molar-refractivity contribution in [2.75, 3.05) is 11.5 Å². The molecule has 6 nitrogen and oxygen atoms in total. The number of nitrogens with zero attached hydrogens (tertiary/aromatic N) is 2. The number of carbonyl (C=O) groups is 2. The van der Waals surface area contributed by atoms with E-state index < -0.39 is 23.0 Å². The topological polar surface area (TPSA) is 79.6 Å². The zero-order valence-electron chi connectivity index (χ0n) is 19.2. The Labute approximate surface area is 208 Å². The van der Waals surface area contributed by atoms with Gasteiger partial charge < -0.3 is 9.47 Å². The number of benzene rings is 3. The number of hydrogen-bond donors (Lipinski definition) is 0. The molecule has 2 bridgehead atoms. The molecule has 2 amide bonds. The molecule has 4 atom stereocenters. The van der Waals surface area contributed by atoms with Gasteiger partial charge in [-0.2, -0.15) is 5.26 Å². The second-order valence-electron chi connectivity index (χ2n) is 9.80. The molecule has 3 aliphatic heterocycles. The van der Waals surface area contributed by atoms with E-state index in [9.17, 15) is 14.9 Å². The van der Waals surface area contributed by atoms with E-state index in [2.05, 4.69) is 6.07 Å². The molecule has 3 aromatic carbocycles. The summed E-state index contributed by atoms with van der Waals surface area (Å²) < 4.78 is 12.4. The predicted octanol–water partition coefficient (Wildman–Crippen LogP) is 5.26. The summed E-state index contributed by atoms with van der Waals surface area (Å²) >= 11 is 6.06. The van der Waals surface area contributed by atoms with Crippen molar-refractivity contribution >= 4 is 39.9 Å². The Morgan fingerprint density at radius 3 is 2.69 bits per heavy atom. The maximum atomic E-state index is 13.9. The maximum Gasteiger partial charge on any atom is 0.240 e. The second-order valence-corrected chi connectivity index (χ2v) is 10.2. The standard InChI is InChI=1S/C28H23ClN2O4/c1-27-11-12-28(35-27,13-14-34-19-7-4-6-18(29)15-19)24-23(27)25(32)31(26(24)33)22-10-9-17-5-2-3-8-20(17)21(22)16-30/h2-10,15,23-24H,11-14H2,1H3. The highest BCUT2D eigenvalue weighted by Crippen LogP contribution is 2.62. The molecule has 4 unspecified atom stereocenters. The van der Waals surface area contributed by atoms with Gasteiger partial charge in [-0.3, -0.25) is 9.59 Å². The van der Waals surface area contributed by atoms with E-state index >= 15 is 0 Å². The molecule has 3 fully saturated rings. The summed E-state index contributed by atoms with van der Waals surface area (Å²) in [5.74, 6) is -1.11. The van der Waals surface area contributed by atoms with Gasteiger partial charge in [0.15, 0.2) is 0 Å². The quantitative estimate of drug-likeness (QED) is 0.459. The van der Waals surface area contributed by atoms with E-state index in [1.165, 1.54) is 4.90 Å². The molecular weight excluding hydrogens is 464 g/mol. The highest BCUT2D eigenvalue weighted by atomic mass is 35.5. The van der Waals surface area contributed by atoms with Crippen molar-refractivity contribution in [2.24, 2.45) is 11.8 Å². The average Bonchev–Trinajstić information content (AvgIpc) is 3.43. The third-order valence-corrected chi connectivity index (χ3v) is 8.10. The van der Waals surface area contributed by atoms with Crippen molar-refractivity contribution in [1.82, 2.24) is 0 Å². The fourth-order valence-corrected chi connectivity index (χ4v) is 6.49. The zero-order chi connectivity index (χ0) is 24.4. The van der Waals surface area contributed by atoms with Crippen LogP contribution in [0.5, 0.6) is 5.75 Å². The minimum atomic E-state index is -0.775. The Hall–Kier alpha value is -3.40. The average molecular weight is 487 g/mol. The SMILES string of the molecule is CC12CCC(CCOc3cccc(Cl)c3)(O1)C1C(=O)N(c3ccc4ccccc4c3C#N)C(=O)C12. The van der Waals surface area contributed by atoms with E-state index in [4.69, 9.17) is 21.1 Å². The Morgan fingerprint density at radius 2 is 1.89 bits per heavy atom. The summed E-state index contributed by atoms with van der Waals surface area (Å²) in [7, 11) is 0. The molecule has 0 radical (unpaired) electrons. The summed E-state index contributed by atoms with van der Waals surface area (Å²) in [6.45, 7) is 2.26. The summed E-state index contributed by atoms with van der Waals surface area (Å²) in [6, 6.07) is 20.4. The van der Waals surface area contributed by atoms with E-state index in [0.717, 1.165) is 10.8 Å². The lowest BCUT2D eigenvalue weighted by Gasteiger charge is -2.31. The Morgan fingerprint density at radius 1 is 1.09 bits per heavy atom. The van der Waals surface area contributed by atoms with Crippen LogP contribution in [0.1, 0.15) is 31.7 Å². The first kappa shape index (κ1) is 22.1. The number of fused-ring (bicyclic) bond motifs is 6. The summed E-state index contributed by atoms with van der Waals surface area (Å²) in [5, 5.41) is 12.2. The van der Waals surface area contributed by atoms with E-state index in [1.807, 2.05) is 49.4 Å². The molecule has 3 aliphatic rings. The number of ether oxygens (including phenoxy) is 2. The Bertz CT molecular complexity index is 1430. The van der Waals surface area contributed by atoms with Crippen molar-refractivity contribution < 1.29 is 19.1 Å². The number of rotatable bonds is 5. The van der Waals surface area contributed by atoms with Crippen LogP contribution in [0.4, 0.5) is 5.69 Å². The third kappa shape index (κ3) is 3.19. The fourth-order valence-electron chi connectivity index (χ4n) is 6.31. The smallest absolute Gasteiger partial charge is 0.240 e. The normalized spacial score (nSPS) is 29.0. The van der Waals surface area contributed by atoms with Crippen LogP contribution in [0, 0.1) is 23.2 Å². The fraction of sp³-hybridized carbons (Fsp3) is 0.321. The van der Waals surface area contributed by atoms with Crippen LogP contribution in [0.25, 0.3) is 10.8 Å². The molecule has 6 rings (SSSR count). The number of carbonyl (C=O) groups excluding carboxylic acids is 2. The first-order chi connectivity index (χ1) is 16.9. The van der Waals surface area contributed by atoms with Crippen molar-refractivity contribution in [2.45, 2.75) is 37.4 Å². The van der Waals surface area contributed by atoms with Gasteiger partial charge in [-0.1, -0.05) is 48.0 Å². The van der Waals surface area contributed by atoms with Crippen LogP contribution in [-0.4, -0.2) is 29.6 Å². The zero-order valence-corrected chi connectivity index (χ0v) is 19.9. The van der Waals surface area contributed by atoms with Gasteiger partial charge in [0, 0.05) is 16.8 Å². The van der Waals surface area contributed by atoms with Gasteiger partial charge in [0.1, 0.15) is 11.8 Å². The van der Waals surface area contributed by atoms with Crippen LogP contribution in [0.2, 0.25) is 5.02 Å². The maximum absolute atomic E-state index is 13.9. The van der Waals surface area contributed by atoms with Crippen molar-refractivity contribution in [3.63, 3.8) is 0 Å². The van der Waals surface area contributed by atoms with E-state index in [-0.39, 0.29) is 11.8 Å².